The Labute approximate surface area is 133 Å². The summed E-state index contributed by atoms with van der Waals surface area (Å²) >= 11 is 0. The van der Waals surface area contributed by atoms with Gasteiger partial charge in [0.2, 0.25) is 0 Å². The molecule has 0 saturated carbocycles. The van der Waals surface area contributed by atoms with Gasteiger partial charge in [0.15, 0.2) is 5.96 Å². The third-order valence-corrected chi connectivity index (χ3v) is 3.84. The van der Waals surface area contributed by atoms with Crippen LogP contribution in [-0.4, -0.2) is 5.96 Å². The fraction of sp³-hybridized carbons (Fsp3) is 0.316. The molecule has 0 spiro atoms. The number of nitrogens with two attached hydrogens (primary N) is 1. The molecule has 0 fully saturated rings. The van der Waals surface area contributed by atoms with Crippen molar-refractivity contribution in [2.24, 2.45) is 5.73 Å². The highest BCUT2D eigenvalue weighted by Crippen LogP contribution is 2.36. The molecule has 3 N–H and O–H groups in total. The predicted octanol–water partition coefficient (Wildman–Crippen LogP) is 4.96. The lowest BCUT2D eigenvalue weighted by molar-refractivity contribution is 0.855. The van der Waals surface area contributed by atoms with Crippen molar-refractivity contribution in [3.8, 4) is 0 Å². The van der Waals surface area contributed by atoms with E-state index in [0.29, 0.717) is 11.8 Å². The van der Waals surface area contributed by atoms with E-state index in [1.807, 2.05) is 41.3 Å². The standard InChI is InChI=1S/C19H25N3/c1-13(2)15-9-5-7-11-17(15)22(19(20)21)18-12-8-6-10-16(18)14(3)4/h5-14H,1-4H3,(H3,20,21). The quantitative estimate of drug-likeness (QED) is 0.618. The molecule has 0 bridgehead atoms. The number of guanidine groups is 1. The molecule has 0 aliphatic carbocycles. The van der Waals surface area contributed by atoms with Crippen LogP contribution in [0, 0.1) is 5.41 Å². The van der Waals surface area contributed by atoms with Crippen LogP contribution in [0.15, 0.2) is 48.5 Å². The van der Waals surface area contributed by atoms with E-state index in [1.165, 1.54) is 11.1 Å². The predicted molar refractivity (Wildman–Crippen MR) is 95.1 cm³/mol. The molecule has 2 aromatic carbocycles. The highest BCUT2D eigenvalue weighted by Gasteiger charge is 2.20. The van der Waals surface area contributed by atoms with Gasteiger partial charge >= 0.3 is 0 Å². The summed E-state index contributed by atoms with van der Waals surface area (Å²) < 4.78 is 0. The van der Waals surface area contributed by atoms with Crippen molar-refractivity contribution >= 4 is 17.3 Å². The minimum absolute atomic E-state index is 0.0428. The van der Waals surface area contributed by atoms with Crippen LogP contribution in [0.5, 0.6) is 0 Å². The molecule has 2 rings (SSSR count). The average Bonchev–Trinajstić information content (AvgIpc) is 2.47. The van der Waals surface area contributed by atoms with E-state index >= 15 is 0 Å². The molecule has 0 amide bonds. The zero-order valence-corrected chi connectivity index (χ0v) is 13.8. The van der Waals surface area contributed by atoms with Gasteiger partial charge in [0.05, 0.1) is 11.4 Å². The Morgan fingerprint density at radius 2 is 1.18 bits per heavy atom. The zero-order valence-electron chi connectivity index (χ0n) is 13.8. The molecule has 3 nitrogen and oxygen atoms in total. The first-order valence-corrected chi connectivity index (χ1v) is 7.75. The van der Waals surface area contributed by atoms with Crippen LogP contribution in [-0.2, 0) is 0 Å². The summed E-state index contributed by atoms with van der Waals surface area (Å²) in [5.41, 5.74) is 10.3. The van der Waals surface area contributed by atoms with Crippen LogP contribution in [0.1, 0.15) is 50.7 Å². The van der Waals surface area contributed by atoms with Crippen LogP contribution in [0.25, 0.3) is 0 Å². The summed E-state index contributed by atoms with van der Waals surface area (Å²) in [6.45, 7) is 8.63. The molecule has 0 heterocycles. The monoisotopic (exact) mass is 295 g/mol. The summed E-state index contributed by atoms with van der Waals surface area (Å²) in [5, 5.41) is 8.11. The Kier molecular flexibility index (Phi) is 4.86. The second-order valence-corrected chi connectivity index (χ2v) is 6.15. The molecule has 22 heavy (non-hydrogen) atoms. The van der Waals surface area contributed by atoms with Gasteiger partial charge < -0.3 is 5.73 Å². The molecule has 0 unspecified atom stereocenters. The van der Waals surface area contributed by atoms with Crippen molar-refractivity contribution in [3.63, 3.8) is 0 Å². The maximum atomic E-state index is 8.11. The van der Waals surface area contributed by atoms with Gasteiger partial charge in [-0.2, -0.15) is 0 Å². The van der Waals surface area contributed by atoms with Gasteiger partial charge in [-0.05, 0) is 35.1 Å². The molecule has 3 heteroatoms. The van der Waals surface area contributed by atoms with Gasteiger partial charge in [-0.1, -0.05) is 64.1 Å². The van der Waals surface area contributed by atoms with E-state index in [9.17, 15) is 0 Å². The Balaban J connectivity index is 2.66. The summed E-state index contributed by atoms with van der Waals surface area (Å²) in [6, 6.07) is 16.3. The summed E-state index contributed by atoms with van der Waals surface area (Å²) in [7, 11) is 0. The van der Waals surface area contributed by atoms with Crippen molar-refractivity contribution < 1.29 is 0 Å². The summed E-state index contributed by atoms with van der Waals surface area (Å²) in [4.78, 5) is 1.85. The molecule has 0 radical (unpaired) electrons. The lowest BCUT2D eigenvalue weighted by Gasteiger charge is -2.29. The largest absolute Gasteiger partial charge is 0.369 e. The summed E-state index contributed by atoms with van der Waals surface area (Å²) in [6.07, 6.45) is 0. The van der Waals surface area contributed by atoms with Gasteiger partial charge in [-0.15, -0.1) is 0 Å². The molecule has 0 saturated heterocycles. The molecule has 0 aromatic heterocycles. The second-order valence-electron chi connectivity index (χ2n) is 6.15. The Hall–Kier alpha value is -2.29. The lowest BCUT2D eigenvalue weighted by atomic mass is 9.97. The van der Waals surface area contributed by atoms with Gasteiger partial charge in [0.1, 0.15) is 0 Å². The van der Waals surface area contributed by atoms with Crippen LogP contribution < -0.4 is 10.6 Å². The molecule has 2 aromatic rings. The maximum absolute atomic E-state index is 8.11. The van der Waals surface area contributed by atoms with Gasteiger partial charge in [-0.3, -0.25) is 10.3 Å². The van der Waals surface area contributed by atoms with E-state index in [2.05, 4.69) is 39.8 Å². The Morgan fingerprint density at radius 3 is 1.50 bits per heavy atom. The van der Waals surface area contributed by atoms with Gasteiger partial charge in [-0.25, -0.2) is 0 Å². The number of nitrogens with zero attached hydrogens (tertiary/aromatic N) is 1. The molecular weight excluding hydrogens is 270 g/mol. The van der Waals surface area contributed by atoms with Crippen molar-refractivity contribution in [2.75, 3.05) is 4.90 Å². The minimum atomic E-state index is 0.0428. The Bertz CT molecular complexity index is 608. The Morgan fingerprint density at radius 1 is 0.818 bits per heavy atom. The minimum Gasteiger partial charge on any atom is -0.369 e. The van der Waals surface area contributed by atoms with Crippen LogP contribution in [0.3, 0.4) is 0 Å². The average molecular weight is 295 g/mol. The van der Waals surface area contributed by atoms with Crippen molar-refractivity contribution in [1.29, 1.82) is 5.41 Å². The number of hydrogen-bond acceptors (Lipinski definition) is 1. The van der Waals surface area contributed by atoms with E-state index in [-0.39, 0.29) is 5.96 Å². The van der Waals surface area contributed by atoms with Crippen molar-refractivity contribution in [1.82, 2.24) is 0 Å². The molecular formula is C19H25N3. The third kappa shape index (κ3) is 3.14. The normalized spacial score (nSPS) is 11.0. The first-order chi connectivity index (χ1) is 10.4. The highest BCUT2D eigenvalue weighted by molar-refractivity contribution is 6.01. The van der Waals surface area contributed by atoms with Gasteiger partial charge in [0.25, 0.3) is 0 Å². The molecule has 0 atom stereocenters. The molecule has 0 aliphatic heterocycles. The smallest absolute Gasteiger partial charge is 0.197 e. The van der Waals surface area contributed by atoms with Crippen molar-refractivity contribution in [3.05, 3.63) is 59.7 Å². The van der Waals surface area contributed by atoms with E-state index in [1.54, 1.807) is 0 Å². The molecule has 116 valence electrons. The third-order valence-electron chi connectivity index (χ3n) is 3.84. The number of para-hydroxylation sites is 2. The van der Waals surface area contributed by atoms with Crippen molar-refractivity contribution in [2.45, 2.75) is 39.5 Å². The number of hydrogen-bond donors (Lipinski definition) is 2. The van der Waals surface area contributed by atoms with E-state index in [4.69, 9.17) is 11.1 Å². The van der Waals surface area contributed by atoms with Crippen LogP contribution in [0.2, 0.25) is 0 Å². The number of anilines is 2. The van der Waals surface area contributed by atoms with Gasteiger partial charge in [0, 0.05) is 0 Å². The SMILES string of the molecule is CC(C)c1ccccc1N(C(=N)N)c1ccccc1C(C)C. The number of nitrogens with one attached hydrogen (secondary N) is 1. The fourth-order valence-corrected chi connectivity index (χ4v) is 2.75. The second kappa shape index (κ2) is 6.65. The summed E-state index contributed by atoms with van der Waals surface area (Å²) in [5.74, 6) is 0.773. The first-order valence-electron chi connectivity index (χ1n) is 7.75. The highest BCUT2D eigenvalue weighted by atomic mass is 15.2. The van der Waals surface area contributed by atoms with E-state index in [0.717, 1.165) is 11.4 Å². The molecule has 0 aliphatic rings. The van der Waals surface area contributed by atoms with E-state index < -0.39 is 0 Å². The van der Waals surface area contributed by atoms with Crippen LogP contribution >= 0.6 is 0 Å². The number of rotatable bonds is 4. The first kappa shape index (κ1) is 16.1. The topological polar surface area (TPSA) is 53.1 Å². The number of benzene rings is 2. The fourth-order valence-electron chi connectivity index (χ4n) is 2.75. The maximum Gasteiger partial charge on any atom is 0.197 e. The lowest BCUT2D eigenvalue weighted by Crippen LogP contribution is -2.33. The zero-order chi connectivity index (χ0) is 16.3. The van der Waals surface area contributed by atoms with Crippen LogP contribution in [0.4, 0.5) is 11.4 Å².